The van der Waals surface area contributed by atoms with Gasteiger partial charge in [0.25, 0.3) is 5.89 Å². The fraction of sp³-hybridized carbons (Fsp3) is 0.125. The van der Waals surface area contributed by atoms with E-state index in [-0.39, 0.29) is 6.61 Å². The molecule has 3 aromatic rings. The molecular formula is C16H14N2O2. The van der Waals surface area contributed by atoms with E-state index in [1.165, 1.54) is 0 Å². The summed E-state index contributed by atoms with van der Waals surface area (Å²) in [4.78, 5) is 0. The van der Waals surface area contributed by atoms with Crippen molar-refractivity contribution < 1.29 is 9.15 Å². The van der Waals surface area contributed by atoms with Crippen molar-refractivity contribution in [2.24, 2.45) is 0 Å². The fourth-order valence-electron chi connectivity index (χ4n) is 1.90. The first-order valence-corrected chi connectivity index (χ1v) is 6.39. The minimum atomic E-state index is 0.267. The standard InChI is InChI=1S/C16H14N2O2/c1-12-7-5-6-10-14(12)16-18-17-15(20-16)11-19-13-8-3-2-4-9-13/h2-10H,11H2,1H3. The Labute approximate surface area is 117 Å². The van der Waals surface area contributed by atoms with Gasteiger partial charge in [0.05, 0.1) is 0 Å². The highest BCUT2D eigenvalue weighted by molar-refractivity contribution is 5.57. The van der Waals surface area contributed by atoms with Crippen LogP contribution in [0, 0.1) is 6.92 Å². The predicted octanol–water partition coefficient (Wildman–Crippen LogP) is 3.62. The lowest BCUT2D eigenvalue weighted by Crippen LogP contribution is -1.95. The second-order valence-electron chi connectivity index (χ2n) is 4.42. The molecule has 100 valence electrons. The summed E-state index contributed by atoms with van der Waals surface area (Å²) in [5.74, 6) is 1.77. The number of aromatic nitrogens is 2. The van der Waals surface area contributed by atoms with Gasteiger partial charge in [0.1, 0.15) is 5.75 Å². The minimum absolute atomic E-state index is 0.267. The van der Waals surface area contributed by atoms with Crippen LogP contribution < -0.4 is 4.74 Å². The Morgan fingerprint density at radius 3 is 2.50 bits per heavy atom. The molecule has 1 aromatic heterocycles. The number of para-hydroxylation sites is 1. The van der Waals surface area contributed by atoms with Crippen LogP contribution in [0.5, 0.6) is 5.75 Å². The summed E-state index contributed by atoms with van der Waals surface area (Å²) in [7, 11) is 0. The van der Waals surface area contributed by atoms with Crippen molar-refractivity contribution >= 4 is 0 Å². The van der Waals surface area contributed by atoms with Crippen LogP contribution in [0.3, 0.4) is 0 Å². The molecule has 0 unspecified atom stereocenters. The van der Waals surface area contributed by atoms with E-state index in [2.05, 4.69) is 10.2 Å². The third kappa shape index (κ3) is 2.69. The first-order valence-electron chi connectivity index (χ1n) is 6.39. The SMILES string of the molecule is Cc1ccccc1-c1nnc(COc2ccccc2)o1. The highest BCUT2D eigenvalue weighted by atomic mass is 16.5. The molecule has 4 heteroatoms. The van der Waals surface area contributed by atoms with E-state index in [1.54, 1.807) is 0 Å². The van der Waals surface area contributed by atoms with Crippen molar-refractivity contribution in [3.05, 3.63) is 66.1 Å². The Morgan fingerprint density at radius 2 is 1.70 bits per heavy atom. The van der Waals surface area contributed by atoms with E-state index in [4.69, 9.17) is 9.15 Å². The van der Waals surface area contributed by atoms with Gasteiger partial charge in [0.2, 0.25) is 5.89 Å². The van der Waals surface area contributed by atoms with Gasteiger partial charge in [-0.2, -0.15) is 0 Å². The second kappa shape index (κ2) is 5.57. The van der Waals surface area contributed by atoms with Crippen LogP contribution in [0.2, 0.25) is 0 Å². The van der Waals surface area contributed by atoms with Crippen LogP contribution in [0.25, 0.3) is 11.5 Å². The highest BCUT2D eigenvalue weighted by Crippen LogP contribution is 2.22. The molecule has 2 aromatic carbocycles. The van der Waals surface area contributed by atoms with E-state index >= 15 is 0 Å². The van der Waals surface area contributed by atoms with E-state index in [1.807, 2.05) is 61.5 Å². The van der Waals surface area contributed by atoms with Gasteiger partial charge < -0.3 is 9.15 Å². The number of hydrogen-bond donors (Lipinski definition) is 0. The molecule has 0 aliphatic rings. The van der Waals surface area contributed by atoms with Crippen molar-refractivity contribution in [3.63, 3.8) is 0 Å². The normalized spacial score (nSPS) is 10.4. The average Bonchev–Trinajstić information content (AvgIpc) is 2.95. The summed E-state index contributed by atoms with van der Waals surface area (Å²) < 4.78 is 11.2. The van der Waals surface area contributed by atoms with Crippen LogP contribution in [0.1, 0.15) is 11.5 Å². The maximum absolute atomic E-state index is 5.63. The van der Waals surface area contributed by atoms with Crippen molar-refractivity contribution in [2.75, 3.05) is 0 Å². The maximum atomic E-state index is 5.63. The third-order valence-corrected chi connectivity index (χ3v) is 2.95. The zero-order chi connectivity index (χ0) is 13.8. The predicted molar refractivity (Wildman–Crippen MR) is 75.2 cm³/mol. The average molecular weight is 266 g/mol. The van der Waals surface area contributed by atoms with E-state index in [0.29, 0.717) is 11.8 Å². The molecule has 20 heavy (non-hydrogen) atoms. The maximum Gasteiger partial charge on any atom is 0.254 e. The quantitative estimate of drug-likeness (QED) is 0.723. The number of hydrogen-bond acceptors (Lipinski definition) is 4. The molecule has 0 atom stereocenters. The monoisotopic (exact) mass is 266 g/mol. The molecule has 0 radical (unpaired) electrons. The van der Waals surface area contributed by atoms with Gasteiger partial charge in [-0.15, -0.1) is 10.2 Å². The lowest BCUT2D eigenvalue weighted by molar-refractivity contribution is 0.264. The van der Waals surface area contributed by atoms with Gasteiger partial charge in [-0.1, -0.05) is 36.4 Å². The molecule has 0 saturated heterocycles. The van der Waals surface area contributed by atoms with Gasteiger partial charge in [-0.3, -0.25) is 0 Å². The molecule has 1 heterocycles. The summed E-state index contributed by atoms with van der Waals surface area (Å²) in [5.41, 5.74) is 2.05. The van der Waals surface area contributed by atoms with E-state index in [0.717, 1.165) is 16.9 Å². The number of ether oxygens (including phenoxy) is 1. The summed E-state index contributed by atoms with van der Waals surface area (Å²) in [6, 6.07) is 17.5. The lowest BCUT2D eigenvalue weighted by Gasteiger charge is -2.02. The molecule has 0 bridgehead atoms. The topological polar surface area (TPSA) is 48.2 Å². The van der Waals surface area contributed by atoms with Crippen molar-refractivity contribution in [1.29, 1.82) is 0 Å². The summed E-state index contributed by atoms with van der Waals surface area (Å²) >= 11 is 0. The number of benzene rings is 2. The minimum Gasteiger partial charge on any atom is -0.484 e. The van der Waals surface area contributed by atoms with Gasteiger partial charge in [0.15, 0.2) is 6.61 Å². The summed E-state index contributed by atoms with van der Waals surface area (Å²) in [6.07, 6.45) is 0. The fourth-order valence-corrected chi connectivity index (χ4v) is 1.90. The smallest absolute Gasteiger partial charge is 0.254 e. The Morgan fingerprint density at radius 1 is 0.950 bits per heavy atom. The van der Waals surface area contributed by atoms with Gasteiger partial charge in [-0.05, 0) is 30.7 Å². The van der Waals surface area contributed by atoms with Crippen LogP contribution in [-0.4, -0.2) is 10.2 Å². The van der Waals surface area contributed by atoms with Crippen LogP contribution in [-0.2, 0) is 6.61 Å². The molecule has 0 spiro atoms. The summed E-state index contributed by atoms with van der Waals surface area (Å²) in [5, 5.41) is 8.07. The molecule has 0 amide bonds. The number of rotatable bonds is 4. The van der Waals surface area contributed by atoms with Crippen molar-refractivity contribution in [1.82, 2.24) is 10.2 Å². The molecule has 0 fully saturated rings. The first-order chi connectivity index (χ1) is 9.83. The zero-order valence-corrected chi connectivity index (χ0v) is 11.1. The Kier molecular flexibility index (Phi) is 3.46. The zero-order valence-electron chi connectivity index (χ0n) is 11.1. The van der Waals surface area contributed by atoms with Crippen LogP contribution >= 0.6 is 0 Å². The van der Waals surface area contributed by atoms with Crippen molar-refractivity contribution in [2.45, 2.75) is 13.5 Å². The number of aryl methyl sites for hydroxylation is 1. The van der Waals surface area contributed by atoms with Crippen LogP contribution in [0.15, 0.2) is 59.0 Å². The Hall–Kier alpha value is -2.62. The molecule has 0 aliphatic carbocycles. The van der Waals surface area contributed by atoms with Crippen molar-refractivity contribution in [3.8, 4) is 17.2 Å². The van der Waals surface area contributed by atoms with Gasteiger partial charge in [-0.25, -0.2) is 0 Å². The third-order valence-electron chi connectivity index (χ3n) is 2.95. The highest BCUT2D eigenvalue weighted by Gasteiger charge is 2.10. The van der Waals surface area contributed by atoms with E-state index in [9.17, 15) is 0 Å². The second-order valence-corrected chi connectivity index (χ2v) is 4.42. The van der Waals surface area contributed by atoms with Gasteiger partial charge >= 0.3 is 0 Å². The molecule has 4 nitrogen and oxygen atoms in total. The summed E-state index contributed by atoms with van der Waals surface area (Å²) in [6.45, 7) is 2.28. The lowest BCUT2D eigenvalue weighted by atomic mass is 10.1. The molecule has 0 saturated carbocycles. The molecule has 0 aliphatic heterocycles. The largest absolute Gasteiger partial charge is 0.484 e. The molecule has 0 N–H and O–H groups in total. The molecule has 3 rings (SSSR count). The molecular weight excluding hydrogens is 252 g/mol. The van der Waals surface area contributed by atoms with Gasteiger partial charge in [0, 0.05) is 5.56 Å². The van der Waals surface area contributed by atoms with Crippen LogP contribution in [0.4, 0.5) is 0 Å². The Balaban J connectivity index is 1.73. The van der Waals surface area contributed by atoms with E-state index < -0.39 is 0 Å². The first kappa shape index (κ1) is 12.4. The Bertz CT molecular complexity index is 692. The number of nitrogens with zero attached hydrogens (tertiary/aromatic N) is 2.